The summed E-state index contributed by atoms with van der Waals surface area (Å²) in [5.74, 6) is 0.684. The molecule has 0 aliphatic carbocycles. The van der Waals surface area contributed by atoms with Crippen molar-refractivity contribution >= 4 is 15.8 Å². The summed E-state index contributed by atoms with van der Waals surface area (Å²) in [6.07, 6.45) is 0. The van der Waals surface area contributed by atoms with E-state index in [0.29, 0.717) is 5.75 Å². The van der Waals surface area contributed by atoms with Gasteiger partial charge < -0.3 is 8.92 Å². The van der Waals surface area contributed by atoms with E-state index in [9.17, 15) is 18.5 Å². The van der Waals surface area contributed by atoms with E-state index in [2.05, 4.69) is 0 Å². The number of nitro groups is 1. The van der Waals surface area contributed by atoms with E-state index < -0.39 is 15.0 Å². The van der Waals surface area contributed by atoms with E-state index in [-0.39, 0.29) is 16.3 Å². The zero-order chi connectivity index (χ0) is 15.5. The summed E-state index contributed by atoms with van der Waals surface area (Å²) in [6.45, 7) is 0. The van der Waals surface area contributed by atoms with Gasteiger partial charge in [-0.05, 0) is 36.4 Å². The van der Waals surface area contributed by atoms with Crippen LogP contribution in [0.4, 0.5) is 5.69 Å². The Hall–Kier alpha value is -2.61. The van der Waals surface area contributed by atoms with Crippen LogP contribution in [0.25, 0.3) is 0 Å². The Bertz CT molecular complexity index is 737. The highest BCUT2D eigenvalue weighted by molar-refractivity contribution is 7.87. The van der Waals surface area contributed by atoms with Crippen LogP contribution >= 0.6 is 0 Å². The molecule has 0 amide bonds. The number of ether oxygens (including phenoxy) is 1. The molecule has 0 aliphatic rings. The molecule has 0 spiro atoms. The lowest BCUT2D eigenvalue weighted by Gasteiger charge is -2.07. The summed E-state index contributed by atoms with van der Waals surface area (Å²) in [5.41, 5.74) is -0.196. The summed E-state index contributed by atoms with van der Waals surface area (Å²) in [4.78, 5) is 9.75. The number of methoxy groups -OCH3 is 1. The normalized spacial score (nSPS) is 10.9. The van der Waals surface area contributed by atoms with Crippen molar-refractivity contribution in [3.05, 3.63) is 58.6 Å². The second-order valence-corrected chi connectivity index (χ2v) is 5.51. The van der Waals surface area contributed by atoms with Gasteiger partial charge in [-0.25, -0.2) is 0 Å². The molecule has 0 saturated heterocycles. The lowest BCUT2D eigenvalue weighted by molar-refractivity contribution is -0.384. The Morgan fingerprint density at radius 2 is 1.48 bits per heavy atom. The fourth-order valence-electron chi connectivity index (χ4n) is 1.54. The van der Waals surface area contributed by atoms with Crippen LogP contribution in [0.3, 0.4) is 0 Å². The average molecular weight is 309 g/mol. The highest BCUT2D eigenvalue weighted by atomic mass is 32.2. The Kier molecular flexibility index (Phi) is 4.08. The molecule has 0 aliphatic heterocycles. The van der Waals surface area contributed by atoms with Gasteiger partial charge in [0.05, 0.1) is 12.0 Å². The van der Waals surface area contributed by atoms with Crippen molar-refractivity contribution in [2.45, 2.75) is 4.90 Å². The maximum absolute atomic E-state index is 12.0. The first kappa shape index (κ1) is 14.8. The van der Waals surface area contributed by atoms with Crippen molar-refractivity contribution < 1.29 is 22.3 Å². The molecule has 0 bridgehead atoms. The van der Waals surface area contributed by atoms with Crippen LogP contribution in [0.15, 0.2) is 53.4 Å². The van der Waals surface area contributed by atoms with Gasteiger partial charge in [-0.15, -0.1) is 0 Å². The molecule has 0 heterocycles. The van der Waals surface area contributed by atoms with Crippen molar-refractivity contribution in [1.82, 2.24) is 0 Å². The van der Waals surface area contributed by atoms with E-state index >= 15 is 0 Å². The zero-order valence-electron chi connectivity index (χ0n) is 10.9. The van der Waals surface area contributed by atoms with E-state index in [0.717, 1.165) is 24.3 Å². The van der Waals surface area contributed by atoms with Gasteiger partial charge in [0.1, 0.15) is 16.4 Å². The summed E-state index contributed by atoms with van der Waals surface area (Å²) in [6, 6.07) is 10.5. The number of rotatable bonds is 5. The van der Waals surface area contributed by atoms with Gasteiger partial charge in [0.25, 0.3) is 5.69 Å². The molecular formula is C13H11NO6S. The molecule has 0 atom stereocenters. The highest BCUT2D eigenvalue weighted by Crippen LogP contribution is 2.22. The number of hydrogen-bond donors (Lipinski definition) is 0. The summed E-state index contributed by atoms with van der Waals surface area (Å²) < 4.78 is 33.9. The van der Waals surface area contributed by atoms with Crippen molar-refractivity contribution in [2.75, 3.05) is 7.11 Å². The standard InChI is InChI=1S/C13H11NO6S/c1-19-11-4-6-12(7-5-11)20-21(17,18)13-8-2-10(3-9-13)14(15)16/h2-9H,1H3. The second-order valence-electron chi connectivity index (χ2n) is 3.96. The third-order valence-electron chi connectivity index (χ3n) is 2.60. The Balaban J connectivity index is 2.22. The van der Waals surface area contributed by atoms with Crippen LogP contribution in [0.2, 0.25) is 0 Å². The predicted octanol–water partition coefficient (Wildman–Crippen LogP) is 2.37. The van der Waals surface area contributed by atoms with Gasteiger partial charge in [0.15, 0.2) is 0 Å². The topological polar surface area (TPSA) is 95.7 Å². The van der Waals surface area contributed by atoms with Crippen LogP contribution in [-0.2, 0) is 10.1 Å². The minimum absolute atomic E-state index is 0.120. The minimum atomic E-state index is -4.04. The summed E-state index contributed by atoms with van der Waals surface area (Å²) >= 11 is 0. The smallest absolute Gasteiger partial charge is 0.339 e. The van der Waals surface area contributed by atoms with E-state index in [4.69, 9.17) is 8.92 Å². The SMILES string of the molecule is COc1ccc(OS(=O)(=O)c2ccc([N+](=O)[O-])cc2)cc1. The molecule has 0 unspecified atom stereocenters. The predicted molar refractivity (Wildman–Crippen MR) is 73.9 cm³/mol. The number of hydrogen-bond acceptors (Lipinski definition) is 6. The summed E-state index contributed by atoms with van der Waals surface area (Å²) in [7, 11) is -2.55. The van der Waals surface area contributed by atoms with Crippen molar-refractivity contribution in [2.24, 2.45) is 0 Å². The lowest BCUT2D eigenvalue weighted by Crippen LogP contribution is -2.09. The van der Waals surface area contributed by atoms with Crippen LogP contribution in [0.5, 0.6) is 11.5 Å². The lowest BCUT2D eigenvalue weighted by atomic mass is 10.3. The number of non-ortho nitro benzene ring substituents is 1. The first-order valence-electron chi connectivity index (χ1n) is 5.75. The first-order chi connectivity index (χ1) is 9.92. The molecule has 21 heavy (non-hydrogen) atoms. The Labute approximate surface area is 121 Å². The molecule has 2 aromatic rings. The molecule has 7 nitrogen and oxygen atoms in total. The second kappa shape index (κ2) is 5.80. The van der Waals surface area contributed by atoms with Crippen molar-refractivity contribution in [3.8, 4) is 11.5 Å². The molecule has 110 valence electrons. The van der Waals surface area contributed by atoms with Crippen molar-refractivity contribution in [3.63, 3.8) is 0 Å². The van der Waals surface area contributed by atoms with Gasteiger partial charge >= 0.3 is 10.1 Å². The Morgan fingerprint density at radius 1 is 0.952 bits per heavy atom. The fourth-order valence-corrected chi connectivity index (χ4v) is 2.47. The van der Waals surface area contributed by atoms with Gasteiger partial charge in [-0.3, -0.25) is 10.1 Å². The highest BCUT2D eigenvalue weighted by Gasteiger charge is 2.18. The Morgan fingerprint density at radius 3 is 1.95 bits per heavy atom. The molecule has 0 saturated carbocycles. The van der Waals surface area contributed by atoms with Gasteiger partial charge in [-0.1, -0.05) is 0 Å². The third kappa shape index (κ3) is 3.48. The van der Waals surface area contributed by atoms with Gasteiger partial charge in [0.2, 0.25) is 0 Å². The molecule has 0 radical (unpaired) electrons. The number of nitrogens with zero attached hydrogens (tertiary/aromatic N) is 1. The molecule has 0 fully saturated rings. The molecule has 0 N–H and O–H groups in total. The number of nitro benzene ring substituents is 1. The maximum Gasteiger partial charge on any atom is 0.339 e. The van der Waals surface area contributed by atoms with E-state index in [1.807, 2.05) is 0 Å². The minimum Gasteiger partial charge on any atom is -0.497 e. The van der Waals surface area contributed by atoms with Crippen molar-refractivity contribution in [1.29, 1.82) is 0 Å². The van der Waals surface area contributed by atoms with Gasteiger partial charge in [0, 0.05) is 12.1 Å². The molecular weight excluding hydrogens is 298 g/mol. The quantitative estimate of drug-likeness (QED) is 0.478. The number of benzene rings is 2. The van der Waals surface area contributed by atoms with Crippen LogP contribution < -0.4 is 8.92 Å². The van der Waals surface area contributed by atoms with Crippen LogP contribution in [0, 0.1) is 10.1 Å². The summed E-state index contributed by atoms with van der Waals surface area (Å²) in [5, 5.41) is 10.5. The molecule has 2 aromatic carbocycles. The largest absolute Gasteiger partial charge is 0.497 e. The average Bonchev–Trinajstić information content (AvgIpc) is 2.48. The zero-order valence-corrected chi connectivity index (χ0v) is 11.7. The third-order valence-corrected chi connectivity index (χ3v) is 3.86. The molecule has 0 aromatic heterocycles. The first-order valence-corrected chi connectivity index (χ1v) is 7.16. The fraction of sp³-hybridized carbons (Fsp3) is 0.0769. The van der Waals surface area contributed by atoms with Crippen LogP contribution in [0.1, 0.15) is 0 Å². The molecule has 8 heteroatoms. The van der Waals surface area contributed by atoms with E-state index in [1.54, 1.807) is 12.1 Å². The maximum atomic E-state index is 12.0. The van der Waals surface area contributed by atoms with Crippen LogP contribution in [-0.4, -0.2) is 20.5 Å². The van der Waals surface area contributed by atoms with E-state index in [1.165, 1.54) is 19.2 Å². The molecule has 2 rings (SSSR count). The van der Waals surface area contributed by atoms with Gasteiger partial charge in [-0.2, -0.15) is 8.42 Å². The monoisotopic (exact) mass is 309 g/mol.